The Kier molecular flexibility index (Phi) is 3.89. The highest BCUT2D eigenvalue weighted by Gasteiger charge is 2.34. The minimum Gasteiger partial charge on any atom is -0.350 e. The molecule has 4 rings (SSSR count). The Balaban J connectivity index is 1.47. The maximum absolute atomic E-state index is 12.8. The van der Waals surface area contributed by atoms with E-state index >= 15 is 0 Å². The molecule has 0 radical (unpaired) electrons. The number of aromatic nitrogens is 4. The van der Waals surface area contributed by atoms with Crippen molar-refractivity contribution in [2.75, 3.05) is 25.0 Å². The van der Waals surface area contributed by atoms with E-state index in [9.17, 15) is 4.79 Å². The van der Waals surface area contributed by atoms with Crippen LogP contribution in [0.15, 0.2) is 43.0 Å². The highest BCUT2D eigenvalue weighted by molar-refractivity contribution is 5.97. The number of carbonyl (C=O) groups excluding carboxylic acids is 1. The van der Waals surface area contributed by atoms with Crippen LogP contribution >= 0.6 is 0 Å². The fourth-order valence-electron chi connectivity index (χ4n) is 2.98. The summed E-state index contributed by atoms with van der Waals surface area (Å²) >= 11 is 0. The van der Waals surface area contributed by atoms with Gasteiger partial charge in [-0.1, -0.05) is 0 Å². The first-order valence-electron chi connectivity index (χ1n) is 8.11. The maximum atomic E-state index is 12.8. The van der Waals surface area contributed by atoms with Gasteiger partial charge in [0, 0.05) is 50.5 Å². The number of carbonyl (C=O) groups is 1. The molecule has 3 heterocycles. The standard InChI is InChI=1S/C18H15N7O/c1-24(13-10-25(11-13)17-16(9-19)22-6-7-23-17)18(26)12-2-3-14-15(8-12)21-5-4-20-14/h2-8,13H,10-11H2,1H3. The third kappa shape index (κ3) is 2.69. The fourth-order valence-corrected chi connectivity index (χ4v) is 2.98. The van der Waals surface area contributed by atoms with Gasteiger partial charge in [-0.05, 0) is 18.2 Å². The molecular weight excluding hydrogens is 330 g/mol. The molecule has 128 valence electrons. The molecule has 1 fully saturated rings. The van der Waals surface area contributed by atoms with Crippen LogP contribution in [-0.4, -0.2) is 56.9 Å². The normalized spacial score (nSPS) is 13.9. The molecule has 1 aliphatic rings. The van der Waals surface area contributed by atoms with E-state index in [0.717, 1.165) is 5.52 Å². The molecule has 1 aromatic carbocycles. The number of nitriles is 1. The van der Waals surface area contributed by atoms with Crippen LogP contribution in [0.4, 0.5) is 5.82 Å². The highest BCUT2D eigenvalue weighted by atomic mass is 16.2. The van der Waals surface area contributed by atoms with Crippen molar-refractivity contribution in [2.45, 2.75) is 6.04 Å². The summed E-state index contributed by atoms with van der Waals surface area (Å²) in [5.41, 5.74) is 2.33. The van der Waals surface area contributed by atoms with Crippen molar-refractivity contribution < 1.29 is 4.79 Å². The van der Waals surface area contributed by atoms with E-state index in [1.165, 1.54) is 6.20 Å². The lowest BCUT2D eigenvalue weighted by molar-refractivity contribution is 0.0705. The summed E-state index contributed by atoms with van der Waals surface area (Å²) in [5, 5.41) is 9.13. The first kappa shape index (κ1) is 15.9. The summed E-state index contributed by atoms with van der Waals surface area (Å²) in [6.07, 6.45) is 6.30. The molecule has 0 N–H and O–H groups in total. The van der Waals surface area contributed by atoms with E-state index in [1.807, 2.05) is 11.0 Å². The van der Waals surface area contributed by atoms with Gasteiger partial charge in [0.25, 0.3) is 5.91 Å². The van der Waals surface area contributed by atoms with Crippen LogP contribution in [0.25, 0.3) is 11.0 Å². The van der Waals surface area contributed by atoms with E-state index < -0.39 is 0 Å². The molecule has 0 bridgehead atoms. The molecule has 0 spiro atoms. The number of nitrogens with zero attached hydrogens (tertiary/aromatic N) is 7. The second kappa shape index (κ2) is 6.37. The largest absolute Gasteiger partial charge is 0.350 e. The Morgan fingerprint density at radius 3 is 2.58 bits per heavy atom. The lowest BCUT2D eigenvalue weighted by Gasteiger charge is -2.44. The van der Waals surface area contributed by atoms with Crippen LogP contribution in [-0.2, 0) is 0 Å². The Hall–Kier alpha value is -3.60. The van der Waals surface area contributed by atoms with Gasteiger partial charge in [-0.25, -0.2) is 9.97 Å². The molecule has 0 saturated carbocycles. The van der Waals surface area contributed by atoms with E-state index in [1.54, 1.807) is 48.7 Å². The molecule has 8 nitrogen and oxygen atoms in total. The molecule has 1 amide bonds. The third-order valence-corrected chi connectivity index (χ3v) is 4.53. The molecular formula is C18H15N7O. The zero-order valence-electron chi connectivity index (χ0n) is 14.1. The number of hydrogen-bond acceptors (Lipinski definition) is 7. The Morgan fingerprint density at radius 2 is 1.81 bits per heavy atom. The molecule has 1 saturated heterocycles. The number of fused-ring (bicyclic) bond motifs is 1. The monoisotopic (exact) mass is 345 g/mol. The predicted octanol–water partition coefficient (Wildman–Crippen LogP) is 1.25. The van der Waals surface area contributed by atoms with Crippen LogP contribution in [0.5, 0.6) is 0 Å². The van der Waals surface area contributed by atoms with Gasteiger partial charge in [0.2, 0.25) is 0 Å². The van der Waals surface area contributed by atoms with Crippen LogP contribution in [0.3, 0.4) is 0 Å². The van der Waals surface area contributed by atoms with Crippen molar-refractivity contribution in [3.05, 3.63) is 54.2 Å². The van der Waals surface area contributed by atoms with Gasteiger partial charge in [-0.15, -0.1) is 0 Å². The molecule has 0 aliphatic carbocycles. The number of likely N-dealkylation sites (N-methyl/N-ethyl adjacent to an activating group) is 1. The highest BCUT2D eigenvalue weighted by Crippen LogP contribution is 2.24. The van der Waals surface area contributed by atoms with Gasteiger partial charge in [0.1, 0.15) is 6.07 Å². The molecule has 8 heteroatoms. The minimum absolute atomic E-state index is 0.0496. The fraction of sp³-hybridized carbons (Fsp3) is 0.222. The van der Waals surface area contributed by atoms with Crippen LogP contribution in [0.1, 0.15) is 16.1 Å². The van der Waals surface area contributed by atoms with Crippen molar-refractivity contribution in [1.29, 1.82) is 5.26 Å². The number of hydrogen-bond donors (Lipinski definition) is 0. The first-order valence-corrected chi connectivity index (χ1v) is 8.11. The summed E-state index contributed by atoms with van der Waals surface area (Å²) in [4.78, 5) is 33.1. The topological polar surface area (TPSA) is 98.9 Å². The smallest absolute Gasteiger partial charge is 0.254 e. The predicted molar refractivity (Wildman–Crippen MR) is 94.4 cm³/mol. The molecule has 0 unspecified atom stereocenters. The number of anilines is 1. The number of benzene rings is 1. The van der Waals surface area contributed by atoms with Crippen LogP contribution < -0.4 is 4.90 Å². The maximum Gasteiger partial charge on any atom is 0.254 e. The average Bonchev–Trinajstić information content (AvgIpc) is 2.66. The summed E-state index contributed by atoms with van der Waals surface area (Å²) in [5.74, 6) is 0.495. The molecule has 2 aromatic heterocycles. The second-order valence-corrected chi connectivity index (χ2v) is 6.08. The Morgan fingerprint density at radius 1 is 1.12 bits per heavy atom. The molecule has 1 aliphatic heterocycles. The zero-order chi connectivity index (χ0) is 18.1. The number of amides is 1. The van der Waals surface area contributed by atoms with Crippen molar-refractivity contribution in [2.24, 2.45) is 0 Å². The Labute approximate surface area is 149 Å². The average molecular weight is 345 g/mol. The number of rotatable bonds is 3. The van der Waals surface area contributed by atoms with Crippen molar-refractivity contribution in [3.8, 4) is 6.07 Å². The van der Waals surface area contributed by atoms with Crippen LogP contribution in [0, 0.1) is 11.3 Å². The molecule has 26 heavy (non-hydrogen) atoms. The minimum atomic E-state index is -0.0677. The summed E-state index contributed by atoms with van der Waals surface area (Å²) in [7, 11) is 1.78. The van der Waals surface area contributed by atoms with Crippen molar-refractivity contribution in [1.82, 2.24) is 24.8 Å². The van der Waals surface area contributed by atoms with Gasteiger partial charge >= 0.3 is 0 Å². The van der Waals surface area contributed by atoms with Gasteiger partial charge in [-0.3, -0.25) is 14.8 Å². The summed E-state index contributed by atoms with van der Waals surface area (Å²) in [6, 6.07) is 7.42. The second-order valence-electron chi connectivity index (χ2n) is 6.08. The van der Waals surface area contributed by atoms with E-state index in [4.69, 9.17) is 5.26 Å². The molecule has 0 atom stereocenters. The van der Waals surface area contributed by atoms with E-state index in [-0.39, 0.29) is 11.9 Å². The van der Waals surface area contributed by atoms with Gasteiger partial charge in [-0.2, -0.15) is 5.26 Å². The third-order valence-electron chi connectivity index (χ3n) is 4.53. The lowest BCUT2D eigenvalue weighted by Crippen LogP contribution is -2.60. The summed E-state index contributed by atoms with van der Waals surface area (Å²) < 4.78 is 0. The quantitative estimate of drug-likeness (QED) is 0.704. The zero-order valence-corrected chi connectivity index (χ0v) is 14.1. The molecule has 3 aromatic rings. The van der Waals surface area contributed by atoms with Crippen molar-refractivity contribution >= 4 is 22.8 Å². The SMILES string of the molecule is CN(C(=O)c1ccc2nccnc2c1)C1CN(c2nccnc2C#N)C1. The first-order chi connectivity index (χ1) is 12.7. The van der Waals surface area contributed by atoms with E-state index in [2.05, 4.69) is 19.9 Å². The summed E-state index contributed by atoms with van der Waals surface area (Å²) in [6.45, 7) is 1.23. The van der Waals surface area contributed by atoms with E-state index in [0.29, 0.717) is 35.7 Å². The van der Waals surface area contributed by atoms with Crippen LogP contribution in [0.2, 0.25) is 0 Å². The lowest BCUT2D eigenvalue weighted by atomic mass is 10.1. The van der Waals surface area contributed by atoms with Gasteiger partial charge in [0.15, 0.2) is 11.5 Å². The van der Waals surface area contributed by atoms with Gasteiger partial charge < -0.3 is 9.80 Å². The van der Waals surface area contributed by atoms with Gasteiger partial charge in [0.05, 0.1) is 17.1 Å². The van der Waals surface area contributed by atoms with Crippen molar-refractivity contribution in [3.63, 3.8) is 0 Å². The Bertz CT molecular complexity index is 1020.